The van der Waals surface area contributed by atoms with E-state index in [0.29, 0.717) is 17.0 Å². The van der Waals surface area contributed by atoms with E-state index in [9.17, 15) is 4.79 Å². The smallest absolute Gasteiger partial charge is 0.338 e. The zero-order valence-electron chi connectivity index (χ0n) is 8.45. The highest BCUT2D eigenvalue weighted by Gasteiger charge is 2.15. The van der Waals surface area contributed by atoms with Crippen LogP contribution in [0.15, 0.2) is 34.3 Å². The summed E-state index contributed by atoms with van der Waals surface area (Å²) in [5, 5.41) is 9.03. The van der Waals surface area contributed by atoms with E-state index < -0.39 is 5.97 Å². The van der Waals surface area contributed by atoms with Crippen LogP contribution in [0.1, 0.15) is 10.4 Å². The molecule has 0 radical (unpaired) electrons. The number of hydrogen-bond donors (Lipinski definition) is 1. The summed E-state index contributed by atoms with van der Waals surface area (Å²) in [6.07, 6.45) is 1.63. The van der Waals surface area contributed by atoms with Gasteiger partial charge in [0.1, 0.15) is 10.4 Å². The Bertz CT molecular complexity index is 688. The number of carbonyl (C=O) groups is 1. The average molecular weight is 246 g/mol. The Hall–Kier alpha value is -2.21. The van der Waals surface area contributed by atoms with Gasteiger partial charge >= 0.3 is 5.97 Å². The molecule has 6 heteroatoms. The number of aromatic nitrogens is 2. The van der Waals surface area contributed by atoms with E-state index in [0.717, 1.165) is 4.88 Å². The van der Waals surface area contributed by atoms with Gasteiger partial charge in [-0.25, -0.2) is 9.78 Å². The van der Waals surface area contributed by atoms with E-state index in [4.69, 9.17) is 9.52 Å². The zero-order valence-corrected chi connectivity index (χ0v) is 9.27. The van der Waals surface area contributed by atoms with Gasteiger partial charge in [-0.1, -0.05) is 6.07 Å². The van der Waals surface area contributed by atoms with Crippen LogP contribution in [0.3, 0.4) is 0 Å². The Morgan fingerprint density at radius 3 is 3.00 bits per heavy atom. The van der Waals surface area contributed by atoms with Gasteiger partial charge in [0, 0.05) is 0 Å². The lowest BCUT2D eigenvalue weighted by Gasteiger charge is -1.92. The maximum atomic E-state index is 11.0. The van der Waals surface area contributed by atoms with E-state index in [1.165, 1.54) is 17.4 Å². The second-order valence-electron chi connectivity index (χ2n) is 3.34. The summed E-state index contributed by atoms with van der Waals surface area (Å²) in [5.41, 5.74) is 2.64. The van der Waals surface area contributed by atoms with Gasteiger partial charge in [-0.3, -0.25) is 4.98 Å². The molecule has 0 bridgehead atoms. The third-order valence-corrected chi connectivity index (χ3v) is 3.05. The predicted molar refractivity (Wildman–Crippen MR) is 62.1 cm³/mol. The second-order valence-corrected chi connectivity index (χ2v) is 4.23. The third-order valence-electron chi connectivity index (χ3n) is 2.29. The molecule has 3 aromatic rings. The number of fused-ring (bicyclic) bond motifs is 1. The molecule has 0 aliphatic carbocycles. The van der Waals surface area contributed by atoms with Crippen molar-refractivity contribution in [2.75, 3.05) is 0 Å². The summed E-state index contributed by atoms with van der Waals surface area (Å²) in [6, 6.07) is 4.83. The molecule has 3 rings (SSSR count). The summed E-state index contributed by atoms with van der Waals surface area (Å²) in [6.45, 7) is 0. The van der Waals surface area contributed by atoms with Crippen LogP contribution in [0.4, 0.5) is 0 Å². The van der Waals surface area contributed by atoms with Crippen molar-refractivity contribution in [2.24, 2.45) is 0 Å². The topological polar surface area (TPSA) is 76.2 Å². The molecule has 0 saturated heterocycles. The highest BCUT2D eigenvalue weighted by atomic mass is 32.1. The first-order chi connectivity index (χ1) is 8.25. The van der Waals surface area contributed by atoms with Crippen LogP contribution in [-0.4, -0.2) is 21.0 Å². The normalized spacial score (nSPS) is 10.8. The van der Waals surface area contributed by atoms with E-state index in [1.807, 2.05) is 0 Å². The lowest BCUT2D eigenvalue weighted by Crippen LogP contribution is -1.96. The van der Waals surface area contributed by atoms with Crippen molar-refractivity contribution in [1.82, 2.24) is 9.97 Å². The molecule has 84 valence electrons. The fourth-order valence-electron chi connectivity index (χ4n) is 1.55. The van der Waals surface area contributed by atoms with Gasteiger partial charge in [0.25, 0.3) is 0 Å². The lowest BCUT2D eigenvalue weighted by molar-refractivity contribution is 0.0699. The molecule has 2 aromatic heterocycles. The summed E-state index contributed by atoms with van der Waals surface area (Å²) in [4.78, 5) is 19.9. The Kier molecular flexibility index (Phi) is 2.15. The highest BCUT2D eigenvalue weighted by Crippen LogP contribution is 2.28. The molecular formula is C11H6N2O3S. The molecule has 0 amide bonds. The number of rotatable bonds is 2. The minimum Gasteiger partial charge on any atom is -0.478 e. The Morgan fingerprint density at radius 2 is 2.29 bits per heavy atom. The number of para-hydroxylation sites is 1. The monoisotopic (exact) mass is 246 g/mol. The van der Waals surface area contributed by atoms with Gasteiger partial charge in [0.05, 0.1) is 17.3 Å². The Balaban J connectivity index is 2.26. The number of benzene rings is 1. The van der Waals surface area contributed by atoms with Crippen molar-refractivity contribution in [3.63, 3.8) is 0 Å². The average Bonchev–Trinajstić information content (AvgIpc) is 2.96. The number of hydrogen-bond acceptors (Lipinski definition) is 5. The minimum absolute atomic E-state index is 0.141. The molecule has 2 heterocycles. The van der Waals surface area contributed by atoms with Crippen LogP contribution in [0, 0.1) is 0 Å². The summed E-state index contributed by atoms with van der Waals surface area (Å²) in [5.74, 6) is -0.615. The number of thiazole rings is 1. The molecule has 17 heavy (non-hydrogen) atoms. The molecule has 0 aliphatic heterocycles. The number of nitrogens with zero attached hydrogens (tertiary/aromatic N) is 2. The SMILES string of the molecule is O=C(O)c1cccc2oc(-c3cncs3)nc12. The Morgan fingerprint density at radius 1 is 1.41 bits per heavy atom. The first-order valence-electron chi connectivity index (χ1n) is 4.77. The molecular weight excluding hydrogens is 240 g/mol. The molecule has 0 aliphatic rings. The van der Waals surface area contributed by atoms with Crippen molar-refractivity contribution >= 4 is 28.4 Å². The van der Waals surface area contributed by atoms with Crippen molar-refractivity contribution in [3.05, 3.63) is 35.5 Å². The van der Waals surface area contributed by atoms with Crippen molar-refractivity contribution in [3.8, 4) is 10.8 Å². The van der Waals surface area contributed by atoms with Crippen LogP contribution in [0.5, 0.6) is 0 Å². The zero-order chi connectivity index (χ0) is 11.8. The second kappa shape index (κ2) is 3.67. The quantitative estimate of drug-likeness (QED) is 0.752. The molecule has 0 fully saturated rings. The first kappa shape index (κ1) is 9.98. The Labute approximate surface area is 99.4 Å². The van der Waals surface area contributed by atoms with Crippen LogP contribution in [0.25, 0.3) is 21.9 Å². The molecule has 0 unspecified atom stereocenters. The number of oxazole rings is 1. The van der Waals surface area contributed by atoms with E-state index in [-0.39, 0.29) is 5.56 Å². The summed E-state index contributed by atoms with van der Waals surface area (Å²) >= 11 is 1.39. The molecule has 0 spiro atoms. The van der Waals surface area contributed by atoms with Gasteiger partial charge in [-0.2, -0.15) is 0 Å². The van der Waals surface area contributed by atoms with E-state index in [2.05, 4.69) is 9.97 Å². The minimum atomic E-state index is -1.01. The van der Waals surface area contributed by atoms with Gasteiger partial charge in [-0.15, -0.1) is 11.3 Å². The first-order valence-corrected chi connectivity index (χ1v) is 5.65. The largest absolute Gasteiger partial charge is 0.478 e. The van der Waals surface area contributed by atoms with Crippen LogP contribution in [0.2, 0.25) is 0 Å². The molecule has 1 N–H and O–H groups in total. The third kappa shape index (κ3) is 1.58. The highest BCUT2D eigenvalue weighted by molar-refractivity contribution is 7.13. The van der Waals surface area contributed by atoms with Gasteiger partial charge in [0.15, 0.2) is 5.58 Å². The van der Waals surface area contributed by atoms with Crippen LogP contribution < -0.4 is 0 Å². The van der Waals surface area contributed by atoms with Crippen molar-refractivity contribution < 1.29 is 14.3 Å². The maximum absolute atomic E-state index is 11.0. The number of aromatic carboxylic acids is 1. The maximum Gasteiger partial charge on any atom is 0.338 e. The standard InChI is InChI=1S/C11H6N2O3S/c14-11(15)6-2-1-3-7-9(6)13-10(16-7)8-4-12-5-17-8/h1-5H,(H,14,15). The number of carboxylic acid groups (broad SMARTS) is 1. The van der Waals surface area contributed by atoms with E-state index in [1.54, 1.807) is 23.8 Å². The van der Waals surface area contributed by atoms with Gasteiger partial charge < -0.3 is 9.52 Å². The lowest BCUT2D eigenvalue weighted by atomic mass is 10.2. The van der Waals surface area contributed by atoms with Gasteiger partial charge in [-0.05, 0) is 12.1 Å². The molecule has 1 aromatic carbocycles. The molecule has 0 saturated carbocycles. The van der Waals surface area contributed by atoms with Crippen molar-refractivity contribution in [2.45, 2.75) is 0 Å². The van der Waals surface area contributed by atoms with Crippen LogP contribution in [-0.2, 0) is 0 Å². The molecule has 0 atom stereocenters. The summed E-state index contributed by atoms with van der Waals surface area (Å²) < 4.78 is 5.50. The van der Waals surface area contributed by atoms with Crippen molar-refractivity contribution in [1.29, 1.82) is 0 Å². The van der Waals surface area contributed by atoms with E-state index >= 15 is 0 Å². The predicted octanol–water partition coefficient (Wildman–Crippen LogP) is 2.65. The molecule has 5 nitrogen and oxygen atoms in total. The fourth-order valence-corrected chi connectivity index (χ4v) is 2.09. The van der Waals surface area contributed by atoms with Gasteiger partial charge in [0.2, 0.25) is 5.89 Å². The number of carboxylic acids is 1. The summed E-state index contributed by atoms with van der Waals surface area (Å²) in [7, 11) is 0. The fraction of sp³-hybridized carbons (Fsp3) is 0. The van der Waals surface area contributed by atoms with Crippen LogP contribution >= 0.6 is 11.3 Å².